The third-order valence-corrected chi connectivity index (χ3v) is 4.50. The van der Waals surface area contributed by atoms with E-state index in [9.17, 15) is 9.59 Å². The maximum Gasteiger partial charge on any atom is 0.313 e. The van der Waals surface area contributed by atoms with Crippen LogP contribution in [0.4, 0.5) is 5.69 Å². The number of amides is 2. The van der Waals surface area contributed by atoms with Crippen LogP contribution in [0.15, 0.2) is 55.1 Å². The van der Waals surface area contributed by atoms with Gasteiger partial charge in [0.15, 0.2) is 0 Å². The summed E-state index contributed by atoms with van der Waals surface area (Å²) in [5.41, 5.74) is 2.57. The Bertz CT molecular complexity index is 966. The average Bonchev–Trinajstić information content (AvgIpc) is 3.21. The molecule has 8 nitrogen and oxygen atoms in total. The van der Waals surface area contributed by atoms with E-state index in [1.165, 1.54) is 16.4 Å². The van der Waals surface area contributed by atoms with Crippen LogP contribution in [0.2, 0.25) is 0 Å². The summed E-state index contributed by atoms with van der Waals surface area (Å²) in [5.74, 6) is -0.966. The molecule has 3 rings (SSSR count). The Hall–Kier alpha value is -3.55. The zero-order valence-electron chi connectivity index (χ0n) is 16.7. The Balaban J connectivity index is 1.65. The van der Waals surface area contributed by atoms with Gasteiger partial charge < -0.3 is 10.6 Å². The first kappa shape index (κ1) is 20.2. The molecule has 2 N–H and O–H groups in total. The van der Waals surface area contributed by atoms with Gasteiger partial charge in [0.1, 0.15) is 0 Å². The third-order valence-electron chi connectivity index (χ3n) is 4.50. The number of nitrogens with zero attached hydrogens (tertiary/aromatic N) is 4. The van der Waals surface area contributed by atoms with Gasteiger partial charge in [-0.15, -0.1) is 0 Å². The summed E-state index contributed by atoms with van der Waals surface area (Å²) in [7, 11) is 0. The van der Waals surface area contributed by atoms with E-state index < -0.39 is 11.8 Å². The highest BCUT2D eigenvalue weighted by Gasteiger charge is 2.23. The minimum atomic E-state index is -0.755. The molecule has 0 aliphatic carbocycles. The molecule has 1 atom stereocenters. The summed E-state index contributed by atoms with van der Waals surface area (Å²) in [6.07, 6.45) is 7.11. The fourth-order valence-electron chi connectivity index (χ4n) is 2.90. The quantitative estimate of drug-likeness (QED) is 0.628. The van der Waals surface area contributed by atoms with Crippen LogP contribution in [-0.4, -0.2) is 31.6 Å². The standard InChI is InChI=1S/C21H24N6O2/c1-4-15-6-8-16(9-7-15)18(14(2)3)26-20(29)19(28)25-17-12-24-27(13-17)21-22-10-5-11-23-21/h5-14,18H,4H2,1-3H3,(H,25,28)(H,26,29)/t18-/m0/s1. The molecule has 2 amide bonds. The first-order chi connectivity index (χ1) is 14.0. The second kappa shape index (κ2) is 9.09. The van der Waals surface area contributed by atoms with E-state index in [1.807, 2.05) is 38.1 Å². The number of rotatable bonds is 6. The van der Waals surface area contributed by atoms with Crippen molar-refractivity contribution >= 4 is 17.5 Å². The predicted molar refractivity (Wildman–Crippen MR) is 109 cm³/mol. The minimum Gasteiger partial charge on any atom is -0.341 e. The van der Waals surface area contributed by atoms with Crippen molar-refractivity contribution in [2.45, 2.75) is 33.2 Å². The van der Waals surface area contributed by atoms with Gasteiger partial charge in [0, 0.05) is 12.4 Å². The largest absolute Gasteiger partial charge is 0.341 e. The Labute approximate surface area is 169 Å². The molecular formula is C21H24N6O2. The molecule has 150 valence electrons. The van der Waals surface area contributed by atoms with E-state index in [1.54, 1.807) is 24.7 Å². The summed E-state index contributed by atoms with van der Waals surface area (Å²) in [5, 5.41) is 9.48. The van der Waals surface area contributed by atoms with Gasteiger partial charge in [-0.1, -0.05) is 45.0 Å². The van der Waals surface area contributed by atoms with Gasteiger partial charge in [0.2, 0.25) is 5.95 Å². The molecule has 8 heteroatoms. The number of aryl methyl sites for hydroxylation is 1. The maximum absolute atomic E-state index is 12.5. The molecular weight excluding hydrogens is 368 g/mol. The summed E-state index contributed by atoms with van der Waals surface area (Å²) < 4.78 is 1.42. The number of anilines is 1. The molecule has 29 heavy (non-hydrogen) atoms. The van der Waals surface area contributed by atoms with E-state index >= 15 is 0 Å². The predicted octanol–water partition coefficient (Wildman–Crippen LogP) is 2.68. The lowest BCUT2D eigenvalue weighted by atomic mass is 9.95. The average molecular weight is 392 g/mol. The Morgan fingerprint density at radius 2 is 1.76 bits per heavy atom. The van der Waals surface area contributed by atoms with Crippen LogP contribution in [0, 0.1) is 5.92 Å². The lowest BCUT2D eigenvalue weighted by Gasteiger charge is -2.22. The third kappa shape index (κ3) is 5.04. The van der Waals surface area contributed by atoms with Crippen LogP contribution in [0.1, 0.15) is 37.9 Å². The minimum absolute atomic E-state index is 0.122. The number of benzene rings is 1. The van der Waals surface area contributed by atoms with Crippen LogP contribution < -0.4 is 10.6 Å². The van der Waals surface area contributed by atoms with E-state index in [4.69, 9.17) is 0 Å². The van der Waals surface area contributed by atoms with Crippen LogP contribution in [-0.2, 0) is 16.0 Å². The van der Waals surface area contributed by atoms with Crippen molar-refractivity contribution in [1.29, 1.82) is 0 Å². The molecule has 0 spiro atoms. The summed E-state index contributed by atoms with van der Waals surface area (Å²) in [6.45, 7) is 6.09. The van der Waals surface area contributed by atoms with Crippen molar-refractivity contribution in [3.8, 4) is 5.95 Å². The van der Waals surface area contributed by atoms with Crippen molar-refractivity contribution in [3.05, 3.63) is 66.2 Å². The molecule has 0 saturated carbocycles. The number of carbonyl (C=O) groups excluding carboxylic acids is 2. The van der Waals surface area contributed by atoms with Gasteiger partial charge in [-0.3, -0.25) is 9.59 Å². The number of nitrogens with one attached hydrogen (secondary N) is 2. The van der Waals surface area contributed by atoms with Crippen LogP contribution in [0.3, 0.4) is 0 Å². The van der Waals surface area contributed by atoms with Crippen molar-refractivity contribution in [1.82, 2.24) is 25.1 Å². The van der Waals surface area contributed by atoms with Gasteiger partial charge in [-0.05, 0) is 29.5 Å². The molecule has 0 fully saturated rings. The first-order valence-electron chi connectivity index (χ1n) is 9.50. The van der Waals surface area contributed by atoms with Crippen LogP contribution >= 0.6 is 0 Å². The van der Waals surface area contributed by atoms with Crippen molar-refractivity contribution in [2.24, 2.45) is 5.92 Å². The Morgan fingerprint density at radius 1 is 1.07 bits per heavy atom. The fraction of sp³-hybridized carbons (Fsp3) is 0.286. The van der Waals surface area contributed by atoms with Crippen LogP contribution in [0.5, 0.6) is 0 Å². The van der Waals surface area contributed by atoms with Gasteiger partial charge in [-0.2, -0.15) is 5.10 Å². The number of hydrogen-bond acceptors (Lipinski definition) is 5. The van der Waals surface area contributed by atoms with Crippen molar-refractivity contribution in [2.75, 3.05) is 5.32 Å². The van der Waals surface area contributed by atoms with Gasteiger partial charge in [0.25, 0.3) is 0 Å². The first-order valence-corrected chi connectivity index (χ1v) is 9.50. The molecule has 2 aromatic heterocycles. The lowest BCUT2D eigenvalue weighted by Crippen LogP contribution is -2.39. The normalized spacial score (nSPS) is 11.9. The van der Waals surface area contributed by atoms with Gasteiger partial charge in [0.05, 0.1) is 24.1 Å². The zero-order chi connectivity index (χ0) is 20.8. The number of aromatic nitrogens is 4. The van der Waals surface area contributed by atoms with E-state index in [2.05, 4.69) is 32.6 Å². The van der Waals surface area contributed by atoms with Crippen LogP contribution in [0.25, 0.3) is 5.95 Å². The highest BCUT2D eigenvalue weighted by atomic mass is 16.2. The molecule has 0 saturated heterocycles. The van der Waals surface area contributed by atoms with Gasteiger partial charge >= 0.3 is 11.8 Å². The highest BCUT2D eigenvalue weighted by molar-refractivity contribution is 6.39. The topological polar surface area (TPSA) is 102 Å². The molecule has 3 aromatic rings. The van der Waals surface area contributed by atoms with E-state index in [0.29, 0.717) is 11.6 Å². The number of hydrogen-bond donors (Lipinski definition) is 2. The second-order valence-electron chi connectivity index (χ2n) is 6.97. The molecule has 0 aliphatic heterocycles. The maximum atomic E-state index is 12.5. The van der Waals surface area contributed by atoms with Crippen molar-refractivity contribution in [3.63, 3.8) is 0 Å². The zero-order valence-corrected chi connectivity index (χ0v) is 16.7. The molecule has 1 aromatic carbocycles. The van der Waals surface area contributed by atoms with Crippen molar-refractivity contribution < 1.29 is 9.59 Å². The molecule has 0 aliphatic rings. The fourth-order valence-corrected chi connectivity index (χ4v) is 2.90. The molecule has 2 heterocycles. The Kier molecular flexibility index (Phi) is 6.33. The molecule has 0 bridgehead atoms. The molecule has 0 unspecified atom stereocenters. The van der Waals surface area contributed by atoms with E-state index in [-0.39, 0.29) is 12.0 Å². The highest BCUT2D eigenvalue weighted by Crippen LogP contribution is 2.22. The SMILES string of the molecule is CCc1ccc([C@@H](NC(=O)C(=O)Nc2cnn(-c3ncccn3)c2)C(C)C)cc1. The van der Waals surface area contributed by atoms with E-state index in [0.717, 1.165) is 12.0 Å². The monoisotopic (exact) mass is 392 g/mol. The smallest absolute Gasteiger partial charge is 0.313 e. The summed E-state index contributed by atoms with van der Waals surface area (Å²) in [4.78, 5) is 33.0. The molecule has 0 radical (unpaired) electrons. The number of carbonyl (C=O) groups is 2. The van der Waals surface area contributed by atoms with Gasteiger partial charge in [-0.25, -0.2) is 14.6 Å². The summed E-state index contributed by atoms with van der Waals surface area (Å²) >= 11 is 0. The summed E-state index contributed by atoms with van der Waals surface area (Å²) in [6, 6.07) is 9.49. The lowest BCUT2D eigenvalue weighted by molar-refractivity contribution is -0.136. The Morgan fingerprint density at radius 3 is 2.38 bits per heavy atom. The second-order valence-corrected chi connectivity index (χ2v) is 6.97.